The van der Waals surface area contributed by atoms with Gasteiger partial charge in [-0.3, -0.25) is 4.79 Å². The van der Waals surface area contributed by atoms with E-state index in [-0.39, 0.29) is 12.4 Å². The summed E-state index contributed by atoms with van der Waals surface area (Å²) in [5.74, 6) is -1.29. The van der Waals surface area contributed by atoms with Crippen molar-refractivity contribution in [3.8, 4) is 0 Å². The second-order valence-electron chi connectivity index (χ2n) is 4.62. The van der Waals surface area contributed by atoms with Crippen LogP contribution in [0.15, 0.2) is 12.1 Å². The number of hydrogen-bond donors (Lipinski definition) is 2. The minimum atomic E-state index is -0.940. The Kier molecular flexibility index (Phi) is 3.98. The van der Waals surface area contributed by atoms with Gasteiger partial charge in [-0.1, -0.05) is 11.6 Å². The third-order valence-electron chi connectivity index (χ3n) is 2.55. The van der Waals surface area contributed by atoms with E-state index in [0.29, 0.717) is 16.3 Å². The molecule has 0 aliphatic rings. The van der Waals surface area contributed by atoms with E-state index in [1.54, 1.807) is 20.8 Å². The molecule has 0 amide bonds. The van der Waals surface area contributed by atoms with Gasteiger partial charge in [-0.15, -0.1) is 0 Å². The monoisotopic (exact) mass is 259 g/mol. The molecule has 3 nitrogen and oxygen atoms in total. The van der Waals surface area contributed by atoms with E-state index in [1.165, 1.54) is 12.1 Å². The first-order chi connectivity index (χ1) is 7.74. The van der Waals surface area contributed by atoms with E-state index in [2.05, 4.69) is 5.32 Å². The molecule has 1 aromatic carbocycles. The number of benzene rings is 1. The Hall–Kier alpha value is -1.29. The van der Waals surface area contributed by atoms with E-state index >= 15 is 0 Å². The van der Waals surface area contributed by atoms with Gasteiger partial charge >= 0.3 is 5.97 Å². The second kappa shape index (κ2) is 4.92. The van der Waals surface area contributed by atoms with Crippen LogP contribution < -0.4 is 5.32 Å². The standard InChI is InChI=1S/C12H15ClFNO2/c1-7-4-8(13)10(5-9(7)14)15-6-12(2,3)11(16)17/h4-5,15H,6H2,1-3H3,(H,16,17). The molecule has 94 valence electrons. The molecule has 0 aliphatic heterocycles. The fraction of sp³-hybridized carbons (Fsp3) is 0.417. The minimum absolute atomic E-state index is 0.171. The number of carboxylic acids is 1. The fourth-order valence-electron chi connectivity index (χ4n) is 1.17. The molecule has 0 heterocycles. The highest BCUT2D eigenvalue weighted by Crippen LogP contribution is 2.26. The van der Waals surface area contributed by atoms with Crippen LogP contribution in [0.4, 0.5) is 10.1 Å². The highest BCUT2D eigenvalue weighted by Gasteiger charge is 2.27. The smallest absolute Gasteiger partial charge is 0.310 e. The van der Waals surface area contributed by atoms with Crippen LogP contribution in [0.3, 0.4) is 0 Å². The van der Waals surface area contributed by atoms with Crippen molar-refractivity contribution in [1.82, 2.24) is 0 Å². The largest absolute Gasteiger partial charge is 0.481 e. The number of carbonyl (C=O) groups is 1. The summed E-state index contributed by atoms with van der Waals surface area (Å²) in [7, 11) is 0. The Bertz CT molecular complexity index is 446. The van der Waals surface area contributed by atoms with Crippen LogP contribution in [0.25, 0.3) is 0 Å². The van der Waals surface area contributed by atoms with Crippen molar-refractivity contribution in [2.45, 2.75) is 20.8 Å². The van der Waals surface area contributed by atoms with Crippen molar-refractivity contribution in [3.05, 3.63) is 28.5 Å². The van der Waals surface area contributed by atoms with E-state index in [9.17, 15) is 9.18 Å². The molecule has 0 radical (unpaired) electrons. The van der Waals surface area contributed by atoms with Crippen LogP contribution in [0, 0.1) is 18.2 Å². The molecule has 0 saturated carbocycles. The first kappa shape index (κ1) is 13.8. The Morgan fingerprint density at radius 2 is 2.12 bits per heavy atom. The number of rotatable bonds is 4. The second-order valence-corrected chi connectivity index (χ2v) is 5.03. The molecule has 0 spiro atoms. The lowest BCUT2D eigenvalue weighted by molar-refractivity contribution is -0.146. The topological polar surface area (TPSA) is 49.3 Å². The molecular weight excluding hydrogens is 245 g/mol. The molecule has 2 N–H and O–H groups in total. The molecule has 0 aliphatic carbocycles. The van der Waals surface area contributed by atoms with Gasteiger partial charge in [0.25, 0.3) is 0 Å². The van der Waals surface area contributed by atoms with Gasteiger partial charge in [0.05, 0.1) is 16.1 Å². The average Bonchev–Trinajstić information content (AvgIpc) is 2.21. The van der Waals surface area contributed by atoms with Crippen LogP contribution >= 0.6 is 11.6 Å². The first-order valence-electron chi connectivity index (χ1n) is 5.17. The lowest BCUT2D eigenvalue weighted by atomic mass is 9.94. The summed E-state index contributed by atoms with van der Waals surface area (Å²) < 4.78 is 13.3. The van der Waals surface area contributed by atoms with Crippen molar-refractivity contribution in [2.24, 2.45) is 5.41 Å². The van der Waals surface area contributed by atoms with Crippen molar-refractivity contribution in [2.75, 3.05) is 11.9 Å². The van der Waals surface area contributed by atoms with E-state index < -0.39 is 11.4 Å². The number of halogens is 2. The predicted octanol–water partition coefficient (Wildman–Crippen LogP) is 3.31. The molecular formula is C12H15ClFNO2. The highest BCUT2D eigenvalue weighted by atomic mass is 35.5. The lowest BCUT2D eigenvalue weighted by Crippen LogP contribution is -2.31. The minimum Gasteiger partial charge on any atom is -0.481 e. The summed E-state index contributed by atoms with van der Waals surface area (Å²) in [6.45, 7) is 4.96. The van der Waals surface area contributed by atoms with Gasteiger partial charge in [-0.2, -0.15) is 0 Å². The zero-order valence-corrected chi connectivity index (χ0v) is 10.7. The molecule has 17 heavy (non-hydrogen) atoms. The Morgan fingerprint density at radius 3 is 2.65 bits per heavy atom. The summed E-state index contributed by atoms with van der Waals surface area (Å²) in [4.78, 5) is 10.9. The third kappa shape index (κ3) is 3.33. The Balaban J connectivity index is 2.83. The van der Waals surface area contributed by atoms with Crippen LogP contribution in [0.5, 0.6) is 0 Å². The molecule has 0 atom stereocenters. The summed E-state index contributed by atoms with van der Waals surface area (Å²) in [5.41, 5.74) is -0.0767. The van der Waals surface area contributed by atoms with Gasteiger partial charge in [0.2, 0.25) is 0 Å². The van der Waals surface area contributed by atoms with Gasteiger partial charge < -0.3 is 10.4 Å². The first-order valence-corrected chi connectivity index (χ1v) is 5.55. The molecule has 0 bridgehead atoms. The Morgan fingerprint density at radius 1 is 1.53 bits per heavy atom. The normalized spacial score (nSPS) is 11.4. The molecule has 0 unspecified atom stereocenters. The molecule has 0 aromatic heterocycles. The average molecular weight is 260 g/mol. The predicted molar refractivity (Wildman–Crippen MR) is 66.1 cm³/mol. The third-order valence-corrected chi connectivity index (χ3v) is 2.86. The van der Waals surface area contributed by atoms with Crippen molar-refractivity contribution < 1.29 is 14.3 Å². The number of aliphatic carboxylic acids is 1. The summed E-state index contributed by atoms with van der Waals surface area (Å²) in [6, 6.07) is 2.78. The molecule has 1 rings (SSSR count). The maximum atomic E-state index is 13.3. The molecule has 5 heteroatoms. The van der Waals surface area contributed by atoms with Crippen LogP contribution in [0.2, 0.25) is 5.02 Å². The van der Waals surface area contributed by atoms with Crippen molar-refractivity contribution >= 4 is 23.3 Å². The van der Waals surface area contributed by atoms with Crippen LogP contribution in [-0.2, 0) is 4.79 Å². The summed E-state index contributed by atoms with van der Waals surface area (Å²) in [6.07, 6.45) is 0. The van der Waals surface area contributed by atoms with Gasteiger partial charge in [0, 0.05) is 6.54 Å². The lowest BCUT2D eigenvalue weighted by Gasteiger charge is -2.21. The van der Waals surface area contributed by atoms with Crippen LogP contribution in [0.1, 0.15) is 19.4 Å². The van der Waals surface area contributed by atoms with Gasteiger partial charge in [-0.05, 0) is 38.5 Å². The van der Waals surface area contributed by atoms with Gasteiger partial charge in [0.1, 0.15) is 5.82 Å². The van der Waals surface area contributed by atoms with Gasteiger partial charge in [-0.25, -0.2) is 4.39 Å². The Labute approximate surface area is 105 Å². The fourth-order valence-corrected chi connectivity index (χ4v) is 1.46. The van der Waals surface area contributed by atoms with Crippen molar-refractivity contribution in [1.29, 1.82) is 0 Å². The zero-order valence-electron chi connectivity index (χ0n) is 9.97. The SMILES string of the molecule is Cc1cc(Cl)c(NCC(C)(C)C(=O)O)cc1F. The van der Waals surface area contributed by atoms with E-state index in [1.807, 2.05) is 0 Å². The summed E-state index contributed by atoms with van der Waals surface area (Å²) in [5, 5.41) is 12.2. The quantitative estimate of drug-likeness (QED) is 0.872. The van der Waals surface area contributed by atoms with Gasteiger partial charge in [0.15, 0.2) is 0 Å². The van der Waals surface area contributed by atoms with E-state index in [0.717, 1.165) is 0 Å². The van der Waals surface area contributed by atoms with Crippen LogP contribution in [-0.4, -0.2) is 17.6 Å². The van der Waals surface area contributed by atoms with Crippen molar-refractivity contribution in [3.63, 3.8) is 0 Å². The number of aryl methyl sites for hydroxylation is 1. The number of hydrogen-bond acceptors (Lipinski definition) is 2. The molecule has 1 aromatic rings. The number of carboxylic acid groups (broad SMARTS) is 1. The maximum absolute atomic E-state index is 13.3. The number of nitrogens with one attached hydrogen (secondary N) is 1. The number of anilines is 1. The maximum Gasteiger partial charge on any atom is 0.310 e. The van der Waals surface area contributed by atoms with E-state index in [4.69, 9.17) is 16.7 Å². The summed E-state index contributed by atoms with van der Waals surface area (Å²) >= 11 is 5.93. The zero-order chi connectivity index (χ0) is 13.2. The highest BCUT2D eigenvalue weighted by molar-refractivity contribution is 6.33. The molecule has 0 fully saturated rings. The molecule has 0 saturated heterocycles.